The fourth-order valence-electron chi connectivity index (χ4n) is 1.74. The molecule has 4 nitrogen and oxygen atoms in total. The molecule has 2 heterocycles. The summed E-state index contributed by atoms with van der Waals surface area (Å²) in [4.78, 5) is 4.13. The van der Waals surface area contributed by atoms with E-state index in [0.717, 1.165) is 37.1 Å². The molecule has 1 saturated heterocycles. The zero-order chi connectivity index (χ0) is 13.3. The summed E-state index contributed by atoms with van der Waals surface area (Å²) in [5.41, 5.74) is 0.878. The van der Waals surface area contributed by atoms with E-state index in [9.17, 15) is 0 Å². The fraction of sp³-hybridized carbons (Fsp3) is 0.533. The van der Waals surface area contributed by atoms with Gasteiger partial charge in [0.1, 0.15) is 12.4 Å². The minimum atomic E-state index is 0.238. The largest absolute Gasteiger partial charge is 0.490 e. The molecule has 102 valence electrons. The predicted octanol–water partition coefficient (Wildman–Crippen LogP) is 1.34. The maximum absolute atomic E-state index is 8.67. The number of aliphatic hydroxyl groups excluding tert-OH is 1. The third-order valence-corrected chi connectivity index (χ3v) is 3.03. The predicted molar refractivity (Wildman–Crippen MR) is 74.0 cm³/mol. The molecule has 0 saturated carbocycles. The Morgan fingerprint density at radius 2 is 2.32 bits per heavy atom. The number of nitrogens with zero attached hydrogens (tertiary/aromatic N) is 1. The second-order valence-electron chi connectivity index (χ2n) is 4.64. The Kier molecular flexibility index (Phi) is 5.67. The van der Waals surface area contributed by atoms with Crippen LogP contribution in [0.3, 0.4) is 0 Å². The molecule has 0 unspecified atom stereocenters. The van der Waals surface area contributed by atoms with E-state index in [1.807, 2.05) is 6.07 Å². The van der Waals surface area contributed by atoms with Crippen LogP contribution in [0.1, 0.15) is 31.2 Å². The quantitative estimate of drug-likeness (QED) is 0.598. The smallest absolute Gasteiger partial charge is 0.138 e. The van der Waals surface area contributed by atoms with Crippen molar-refractivity contribution in [3.63, 3.8) is 0 Å². The molecule has 0 amide bonds. The van der Waals surface area contributed by atoms with E-state index < -0.39 is 0 Å². The SMILES string of the molecule is OCCCCC#Cc1cncc(OC[C@@H]2CCN2)c1. The second kappa shape index (κ2) is 7.78. The molecule has 0 aliphatic carbocycles. The summed E-state index contributed by atoms with van der Waals surface area (Å²) in [5, 5.41) is 12.0. The molecule has 0 radical (unpaired) electrons. The standard InChI is InChI=1S/C15H20N2O2/c18-8-4-2-1-3-5-13-9-15(11-16-10-13)19-12-14-6-7-17-14/h9-11,14,17-18H,1-2,4,6-8,12H2/t14-/m0/s1. The molecule has 0 aromatic carbocycles. The normalized spacial score (nSPS) is 17.2. The monoisotopic (exact) mass is 260 g/mol. The van der Waals surface area contributed by atoms with Gasteiger partial charge in [-0.2, -0.15) is 0 Å². The van der Waals surface area contributed by atoms with Crippen LogP contribution in [0.2, 0.25) is 0 Å². The van der Waals surface area contributed by atoms with Crippen molar-refractivity contribution >= 4 is 0 Å². The second-order valence-corrected chi connectivity index (χ2v) is 4.64. The molecule has 0 bridgehead atoms. The number of pyridine rings is 1. The van der Waals surface area contributed by atoms with Gasteiger partial charge in [-0.15, -0.1) is 0 Å². The highest BCUT2D eigenvalue weighted by atomic mass is 16.5. The highest BCUT2D eigenvalue weighted by Gasteiger charge is 2.16. The van der Waals surface area contributed by atoms with Gasteiger partial charge in [0.2, 0.25) is 0 Å². The van der Waals surface area contributed by atoms with Gasteiger partial charge in [0.05, 0.1) is 6.20 Å². The Hall–Kier alpha value is -1.57. The Morgan fingerprint density at radius 1 is 1.42 bits per heavy atom. The van der Waals surface area contributed by atoms with Crippen LogP contribution >= 0.6 is 0 Å². The van der Waals surface area contributed by atoms with Crippen molar-refractivity contribution in [2.45, 2.75) is 31.7 Å². The number of aromatic nitrogens is 1. The third-order valence-electron chi connectivity index (χ3n) is 3.03. The maximum atomic E-state index is 8.67. The molecule has 1 aromatic rings. The molecular weight excluding hydrogens is 240 g/mol. The van der Waals surface area contributed by atoms with E-state index >= 15 is 0 Å². The Morgan fingerprint density at radius 3 is 3.05 bits per heavy atom. The van der Waals surface area contributed by atoms with E-state index in [1.54, 1.807) is 12.4 Å². The summed E-state index contributed by atoms with van der Waals surface area (Å²) in [6.07, 6.45) is 7.18. The molecule has 1 aliphatic rings. The van der Waals surface area contributed by atoms with Gasteiger partial charge in [0, 0.05) is 30.8 Å². The van der Waals surface area contributed by atoms with Gasteiger partial charge in [-0.3, -0.25) is 4.98 Å². The van der Waals surface area contributed by atoms with Crippen molar-refractivity contribution in [3.05, 3.63) is 24.0 Å². The summed E-state index contributed by atoms with van der Waals surface area (Å²) >= 11 is 0. The number of aliphatic hydroxyl groups is 1. The van der Waals surface area contributed by atoms with Gasteiger partial charge in [-0.25, -0.2) is 0 Å². The Labute approximate surface area is 114 Å². The number of hydrogen-bond acceptors (Lipinski definition) is 4. The van der Waals surface area contributed by atoms with E-state index in [2.05, 4.69) is 22.1 Å². The summed E-state index contributed by atoms with van der Waals surface area (Å²) in [5.74, 6) is 6.93. The first kappa shape index (κ1) is 13.9. The van der Waals surface area contributed by atoms with Gasteiger partial charge < -0.3 is 15.2 Å². The molecule has 2 N–H and O–H groups in total. The summed E-state index contributed by atoms with van der Waals surface area (Å²) in [7, 11) is 0. The summed E-state index contributed by atoms with van der Waals surface area (Å²) in [6.45, 7) is 2.02. The van der Waals surface area contributed by atoms with Crippen molar-refractivity contribution in [1.29, 1.82) is 0 Å². The Balaban J connectivity index is 1.80. The average Bonchev–Trinajstić information content (AvgIpc) is 2.37. The molecule has 1 fully saturated rings. The van der Waals surface area contributed by atoms with Crippen LogP contribution in [0.25, 0.3) is 0 Å². The first-order valence-corrected chi connectivity index (χ1v) is 6.79. The lowest BCUT2D eigenvalue weighted by molar-refractivity contribution is 0.217. The molecular formula is C15H20N2O2. The lowest BCUT2D eigenvalue weighted by Gasteiger charge is -2.27. The molecule has 0 spiro atoms. The van der Waals surface area contributed by atoms with Crippen LogP contribution in [0.5, 0.6) is 5.75 Å². The number of unbranched alkanes of at least 4 members (excludes halogenated alkanes) is 2. The minimum Gasteiger partial charge on any atom is -0.490 e. The number of rotatable bonds is 6. The van der Waals surface area contributed by atoms with Crippen LogP contribution < -0.4 is 10.1 Å². The lowest BCUT2D eigenvalue weighted by Crippen LogP contribution is -2.46. The van der Waals surface area contributed by atoms with Gasteiger partial charge in [0.15, 0.2) is 0 Å². The van der Waals surface area contributed by atoms with Crippen molar-refractivity contribution in [2.24, 2.45) is 0 Å². The van der Waals surface area contributed by atoms with Crippen molar-refractivity contribution in [2.75, 3.05) is 19.8 Å². The van der Waals surface area contributed by atoms with E-state index in [0.29, 0.717) is 12.6 Å². The summed E-state index contributed by atoms with van der Waals surface area (Å²) in [6, 6.07) is 2.40. The molecule has 1 atom stereocenters. The van der Waals surface area contributed by atoms with Crippen molar-refractivity contribution in [3.8, 4) is 17.6 Å². The van der Waals surface area contributed by atoms with Crippen LogP contribution in [0.15, 0.2) is 18.5 Å². The molecule has 1 aromatic heterocycles. The highest BCUT2D eigenvalue weighted by Crippen LogP contribution is 2.12. The zero-order valence-corrected chi connectivity index (χ0v) is 11.1. The van der Waals surface area contributed by atoms with Crippen molar-refractivity contribution < 1.29 is 9.84 Å². The minimum absolute atomic E-state index is 0.238. The number of ether oxygens (including phenoxy) is 1. The fourth-order valence-corrected chi connectivity index (χ4v) is 1.74. The number of hydrogen-bond donors (Lipinski definition) is 2. The topological polar surface area (TPSA) is 54.4 Å². The van der Waals surface area contributed by atoms with E-state index in [-0.39, 0.29) is 6.61 Å². The van der Waals surface area contributed by atoms with E-state index in [1.165, 1.54) is 6.42 Å². The number of nitrogens with one attached hydrogen (secondary N) is 1. The zero-order valence-electron chi connectivity index (χ0n) is 11.1. The van der Waals surface area contributed by atoms with Gasteiger partial charge in [-0.1, -0.05) is 11.8 Å². The van der Waals surface area contributed by atoms with Crippen molar-refractivity contribution in [1.82, 2.24) is 10.3 Å². The molecule has 4 heteroatoms. The van der Waals surface area contributed by atoms with Crippen LogP contribution in [0.4, 0.5) is 0 Å². The average molecular weight is 260 g/mol. The highest BCUT2D eigenvalue weighted by molar-refractivity contribution is 5.36. The summed E-state index contributed by atoms with van der Waals surface area (Å²) < 4.78 is 5.67. The van der Waals surface area contributed by atoms with Gasteiger partial charge >= 0.3 is 0 Å². The lowest BCUT2D eigenvalue weighted by atomic mass is 10.1. The molecule has 2 rings (SSSR count). The molecule has 1 aliphatic heterocycles. The maximum Gasteiger partial charge on any atom is 0.138 e. The first-order valence-electron chi connectivity index (χ1n) is 6.79. The Bertz CT molecular complexity index is 447. The van der Waals surface area contributed by atoms with Gasteiger partial charge in [0.25, 0.3) is 0 Å². The third kappa shape index (κ3) is 4.90. The first-order chi connectivity index (χ1) is 9.38. The molecule has 19 heavy (non-hydrogen) atoms. The van der Waals surface area contributed by atoms with Gasteiger partial charge in [-0.05, 0) is 31.9 Å². The van der Waals surface area contributed by atoms with Crippen LogP contribution in [-0.2, 0) is 0 Å². The van der Waals surface area contributed by atoms with E-state index in [4.69, 9.17) is 9.84 Å². The van der Waals surface area contributed by atoms with Crippen LogP contribution in [0, 0.1) is 11.8 Å². The van der Waals surface area contributed by atoms with Crippen LogP contribution in [-0.4, -0.2) is 35.9 Å².